The summed E-state index contributed by atoms with van der Waals surface area (Å²) in [6, 6.07) is 8.04. The molecule has 2 rings (SSSR count). The van der Waals surface area contributed by atoms with E-state index in [0.717, 1.165) is 21.6 Å². The van der Waals surface area contributed by atoms with Crippen LogP contribution in [0.1, 0.15) is 24.2 Å². The van der Waals surface area contributed by atoms with Crippen LogP contribution in [0.25, 0.3) is 0 Å². The van der Waals surface area contributed by atoms with Gasteiger partial charge in [-0.05, 0) is 47.6 Å². The molecule has 0 bridgehead atoms. The van der Waals surface area contributed by atoms with E-state index in [0.29, 0.717) is 6.61 Å². The second-order valence-electron chi connectivity index (χ2n) is 4.12. The molecule has 2 aromatic rings. The van der Waals surface area contributed by atoms with Crippen LogP contribution in [0, 0.1) is 0 Å². The smallest absolute Gasteiger partial charge is 0.153 e. The number of hydrogen-bond donors (Lipinski definition) is 1. The molecule has 6 heteroatoms. The van der Waals surface area contributed by atoms with E-state index in [2.05, 4.69) is 37.6 Å². The monoisotopic (exact) mass is 324 g/mol. The van der Waals surface area contributed by atoms with Crippen LogP contribution in [0.4, 0.5) is 0 Å². The molecule has 1 aromatic heterocycles. The van der Waals surface area contributed by atoms with Crippen molar-refractivity contribution in [1.29, 1.82) is 0 Å². The molecular weight excluding hydrogens is 308 g/mol. The van der Waals surface area contributed by atoms with Crippen molar-refractivity contribution in [2.45, 2.75) is 13.0 Å². The van der Waals surface area contributed by atoms with Crippen LogP contribution in [-0.4, -0.2) is 28.6 Å². The highest BCUT2D eigenvalue weighted by Crippen LogP contribution is 2.28. The molecule has 1 heterocycles. The first-order valence-corrected chi connectivity index (χ1v) is 6.91. The van der Waals surface area contributed by atoms with Crippen molar-refractivity contribution in [1.82, 2.24) is 20.3 Å². The Balaban J connectivity index is 2.39. The van der Waals surface area contributed by atoms with E-state index >= 15 is 0 Å². The molecule has 1 unspecified atom stereocenters. The highest BCUT2D eigenvalue weighted by atomic mass is 79.9. The number of nitrogens with zero attached hydrogens (tertiary/aromatic N) is 3. The minimum absolute atomic E-state index is 0.00906. The lowest BCUT2D eigenvalue weighted by molar-refractivity contribution is 0.339. The van der Waals surface area contributed by atoms with Crippen LogP contribution in [0.5, 0.6) is 5.75 Å². The second-order valence-corrected chi connectivity index (χ2v) is 4.87. The van der Waals surface area contributed by atoms with Gasteiger partial charge in [-0.25, -0.2) is 4.68 Å². The minimum atomic E-state index is 0.00906. The van der Waals surface area contributed by atoms with E-state index in [1.807, 2.05) is 39.2 Å². The molecule has 0 fully saturated rings. The van der Waals surface area contributed by atoms with E-state index in [4.69, 9.17) is 4.74 Å². The number of hydrogen-bond acceptors (Lipinski definition) is 4. The van der Waals surface area contributed by atoms with Crippen molar-refractivity contribution in [2.24, 2.45) is 7.05 Å². The van der Waals surface area contributed by atoms with Gasteiger partial charge in [0.15, 0.2) is 4.60 Å². The van der Waals surface area contributed by atoms with Crippen molar-refractivity contribution in [3.05, 3.63) is 40.1 Å². The predicted octanol–water partition coefficient (Wildman–Crippen LogP) is 2.29. The lowest BCUT2D eigenvalue weighted by atomic mass is 10.0. The van der Waals surface area contributed by atoms with Crippen molar-refractivity contribution in [3.63, 3.8) is 0 Å². The van der Waals surface area contributed by atoms with E-state index < -0.39 is 0 Å². The molecule has 0 amide bonds. The molecule has 5 nitrogen and oxygen atoms in total. The third-order valence-corrected chi connectivity index (χ3v) is 3.46. The van der Waals surface area contributed by atoms with Gasteiger partial charge in [-0.15, -0.1) is 5.10 Å². The van der Waals surface area contributed by atoms with E-state index in [1.165, 1.54) is 0 Å². The Morgan fingerprint density at radius 3 is 2.84 bits per heavy atom. The summed E-state index contributed by atoms with van der Waals surface area (Å²) >= 11 is 3.44. The number of benzene rings is 1. The number of aryl methyl sites for hydroxylation is 1. The molecule has 0 radical (unpaired) electrons. The predicted molar refractivity (Wildman–Crippen MR) is 77.2 cm³/mol. The fourth-order valence-corrected chi connectivity index (χ4v) is 2.61. The minimum Gasteiger partial charge on any atom is -0.494 e. The summed E-state index contributed by atoms with van der Waals surface area (Å²) < 4.78 is 8.05. The maximum absolute atomic E-state index is 5.54. The van der Waals surface area contributed by atoms with Gasteiger partial charge < -0.3 is 10.1 Å². The summed E-state index contributed by atoms with van der Waals surface area (Å²) in [5, 5.41) is 11.3. The van der Waals surface area contributed by atoms with Gasteiger partial charge >= 0.3 is 0 Å². The van der Waals surface area contributed by atoms with E-state index in [1.54, 1.807) is 4.68 Å². The molecule has 0 saturated carbocycles. The van der Waals surface area contributed by atoms with Crippen LogP contribution < -0.4 is 10.1 Å². The first kappa shape index (κ1) is 14.0. The number of nitrogens with one attached hydrogen (secondary N) is 1. The Morgan fingerprint density at radius 2 is 2.26 bits per heavy atom. The van der Waals surface area contributed by atoms with Crippen LogP contribution in [0.15, 0.2) is 28.9 Å². The average molecular weight is 325 g/mol. The zero-order valence-electron chi connectivity index (χ0n) is 11.2. The number of halogens is 1. The van der Waals surface area contributed by atoms with Gasteiger partial charge in [0.1, 0.15) is 5.75 Å². The molecule has 0 saturated heterocycles. The molecular formula is C13H17BrN4O. The molecule has 1 atom stereocenters. The molecule has 1 aromatic carbocycles. The second kappa shape index (κ2) is 6.16. The Labute approximate surface area is 121 Å². The van der Waals surface area contributed by atoms with Gasteiger partial charge in [0, 0.05) is 7.05 Å². The van der Waals surface area contributed by atoms with Crippen LogP contribution in [0.3, 0.4) is 0 Å². The summed E-state index contributed by atoms with van der Waals surface area (Å²) in [7, 11) is 3.79. The summed E-state index contributed by atoms with van der Waals surface area (Å²) in [6.07, 6.45) is 0. The number of aromatic nitrogens is 3. The lowest BCUT2D eigenvalue weighted by Crippen LogP contribution is -2.21. The Hall–Kier alpha value is -1.40. The highest BCUT2D eigenvalue weighted by molar-refractivity contribution is 9.10. The van der Waals surface area contributed by atoms with E-state index in [9.17, 15) is 0 Å². The van der Waals surface area contributed by atoms with Crippen molar-refractivity contribution < 1.29 is 4.74 Å². The first-order valence-electron chi connectivity index (χ1n) is 6.12. The van der Waals surface area contributed by atoms with Crippen LogP contribution in [-0.2, 0) is 7.05 Å². The molecule has 0 spiro atoms. The SMILES string of the molecule is CCOc1cccc(C(NC)c2c(Br)nnn2C)c1. The van der Waals surface area contributed by atoms with Crippen molar-refractivity contribution in [2.75, 3.05) is 13.7 Å². The zero-order chi connectivity index (χ0) is 13.8. The molecule has 0 aliphatic rings. The van der Waals surface area contributed by atoms with Gasteiger partial charge in [-0.2, -0.15) is 0 Å². The highest BCUT2D eigenvalue weighted by Gasteiger charge is 2.20. The Morgan fingerprint density at radius 1 is 1.47 bits per heavy atom. The van der Waals surface area contributed by atoms with E-state index in [-0.39, 0.29) is 6.04 Å². The van der Waals surface area contributed by atoms with Crippen LogP contribution >= 0.6 is 15.9 Å². The van der Waals surface area contributed by atoms with Gasteiger partial charge in [-0.1, -0.05) is 17.3 Å². The molecule has 1 N–H and O–H groups in total. The molecule has 102 valence electrons. The maximum Gasteiger partial charge on any atom is 0.153 e. The molecule has 0 aliphatic carbocycles. The zero-order valence-corrected chi connectivity index (χ0v) is 12.8. The topological polar surface area (TPSA) is 52.0 Å². The van der Waals surface area contributed by atoms with Crippen LogP contribution in [0.2, 0.25) is 0 Å². The van der Waals surface area contributed by atoms with Crippen molar-refractivity contribution >= 4 is 15.9 Å². The third kappa shape index (κ3) is 2.96. The summed E-state index contributed by atoms with van der Waals surface area (Å²) in [5.74, 6) is 0.867. The van der Waals surface area contributed by atoms with Gasteiger partial charge in [0.25, 0.3) is 0 Å². The largest absolute Gasteiger partial charge is 0.494 e. The Bertz CT molecular complexity index is 536. The quantitative estimate of drug-likeness (QED) is 0.916. The lowest BCUT2D eigenvalue weighted by Gasteiger charge is -2.17. The fourth-order valence-electron chi connectivity index (χ4n) is 2.06. The molecule has 0 aliphatic heterocycles. The fraction of sp³-hybridized carbons (Fsp3) is 0.385. The van der Waals surface area contributed by atoms with Gasteiger partial charge in [0.05, 0.1) is 18.3 Å². The maximum atomic E-state index is 5.54. The summed E-state index contributed by atoms with van der Waals surface area (Å²) in [4.78, 5) is 0. The molecule has 19 heavy (non-hydrogen) atoms. The third-order valence-electron chi connectivity index (χ3n) is 2.89. The summed E-state index contributed by atoms with van der Waals surface area (Å²) in [5.41, 5.74) is 2.09. The number of ether oxygens (including phenoxy) is 1. The first-order chi connectivity index (χ1) is 9.17. The standard InChI is InChI=1S/C13H17BrN4O/c1-4-19-10-7-5-6-9(8-10)11(15-2)12-13(14)16-17-18(12)3/h5-8,11,15H,4H2,1-3H3. The van der Waals surface area contributed by atoms with Crippen molar-refractivity contribution in [3.8, 4) is 5.75 Å². The number of rotatable bonds is 5. The van der Waals surface area contributed by atoms with Gasteiger partial charge in [-0.3, -0.25) is 0 Å². The average Bonchev–Trinajstić information content (AvgIpc) is 2.73. The normalized spacial score (nSPS) is 12.4. The van der Waals surface area contributed by atoms with Gasteiger partial charge in [0.2, 0.25) is 0 Å². The summed E-state index contributed by atoms with van der Waals surface area (Å²) in [6.45, 7) is 2.63. The Kier molecular flexibility index (Phi) is 4.55.